The third kappa shape index (κ3) is 2.58. The van der Waals surface area contributed by atoms with Crippen LogP contribution in [0.5, 0.6) is 11.5 Å². The van der Waals surface area contributed by atoms with Gasteiger partial charge in [-0.1, -0.05) is 0 Å². The number of methoxy groups -OCH3 is 1. The molecule has 1 fully saturated rings. The first-order valence-corrected chi connectivity index (χ1v) is 7.69. The van der Waals surface area contributed by atoms with Gasteiger partial charge in [0.15, 0.2) is 11.5 Å². The Balaban J connectivity index is 1.64. The first kappa shape index (κ1) is 13.6. The molecule has 0 saturated carbocycles. The van der Waals surface area contributed by atoms with Gasteiger partial charge in [-0.25, -0.2) is 0 Å². The molecule has 0 bridgehead atoms. The van der Waals surface area contributed by atoms with Crippen LogP contribution in [-0.4, -0.2) is 43.5 Å². The van der Waals surface area contributed by atoms with Crippen LogP contribution in [-0.2, 0) is 4.74 Å². The molecule has 1 amide bonds. The average Bonchev–Trinajstić information content (AvgIpc) is 3.13. The highest BCUT2D eigenvalue weighted by molar-refractivity contribution is 7.99. The van der Waals surface area contributed by atoms with E-state index in [4.69, 9.17) is 14.2 Å². The Kier molecular flexibility index (Phi) is 3.76. The quantitative estimate of drug-likeness (QED) is 0.915. The van der Waals surface area contributed by atoms with Crippen LogP contribution < -0.4 is 14.8 Å². The van der Waals surface area contributed by atoms with Crippen molar-refractivity contribution in [2.45, 2.75) is 12.0 Å². The van der Waals surface area contributed by atoms with Crippen LogP contribution in [0.4, 0.5) is 0 Å². The maximum atomic E-state index is 12.2. The summed E-state index contributed by atoms with van der Waals surface area (Å²) in [5.74, 6) is 3.19. The third-order valence-corrected chi connectivity index (χ3v) is 4.93. The molecular weight excluding hydrogens is 278 g/mol. The highest BCUT2D eigenvalue weighted by Gasteiger charge is 2.34. The predicted molar refractivity (Wildman–Crippen MR) is 76.6 cm³/mol. The van der Waals surface area contributed by atoms with Crippen LogP contribution in [0.1, 0.15) is 16.8 Å². The molecule has 1 aromatic carbocycles. The van der Waals surface area contributed by atoms with Crippen LogP contribution in [0.15, 0.2) is 18.2 Å². The molecule has 1 saturated heterocycles. The predicted octanol–water partition coefficient (Wildman–Crippen LogP) is 1.67. The van der Waals surface area contributed by atoms with E-state index in [1.807, 2.05) is 11.8 Å². The van der Waals surface area contributed by atoms with Crippen molar-refractivity contribution < 1.29 is 19.0 Å². The lowest BCUT2D eigenvalue weighted by molar-refractivity contribution is 0.0137. The highest BCUT2D eigenvalue weighted by atomic mass is 32.2. The number of amides is 1. The number of hydrogen-bond donors (Lipinski definition) is 1. The summed E-state index contributed by atoms with van der Waals surface area (Å²) in [7, 11) is 1.71. The Morgan fingerprint density at radius 3 is 3.05 bits per heavy atom. The summed E-state index contributed by atoms with van der Waals surface area (Å²) in [6.45, 7) is 0.744. The van der Waals surface area contributed by atoms with E-state index in [9.17, 15) is 4.79 Å². The number of ether oxygens (including phenoxy) is 3. The number of rotatable bonds is 4. The van der Waals surface area contributed by atoms with Gasteiger partial charge in [-0.05, 0) is 30.4 Å². The molecule has 20 heavy (non-hydrogen) atoms. The largest absolute Gasteiger partial charge is 0.454 e. The second-order valence-electron chi connectivity index (χ2n) is 4.94. The second-order valence-corrected chi connectivity index (χ2v) is 6.05. The zero-order valence-corrected chi connectivity index (χ0v) is 12.1. The molecule has 0 aromatic heterocycles. The van der Waals surface area contributed by atoms with Crippen molar-refractivity contribution in [3.63, 3.8) is 0 Å². The van der Waals surface area contributed by atoms with Crippen molar-refractivity contribution in [2.24, 2.45) is 0 Å². The fourth-order valence-electron chi connectivity index (χ4n) is 2.34. The number of benzene rings is 1. The number of fused-ring (bicyclic) bond motifs is 1. The summed E-state index contributed by atoms with van der Waals surface area (Å²) in [4.78, 5) is 12.2. The molecule has 6 heteroatoms. The molecule has 2 aliphatic rings. The fourth-order valence-corrected chi connectivity index (χ4v) is 3.74. The van der Waals surface area contributed by atoms with Gasteiger partial charge in [0.05, 0.1) is 5.60 Å². The second kappa shape index (κ2) is 5.54. The van der Waals surface area contributed by atoms with E-state index < -0.39 is 0 Å². The van der Waals surface area contributed by atoms with Crippen molar-refractivity contribution in [2.75, 3.05) is 32.0 Å². The van der Waals surface area contributed by atoms with Crippen LogP contribution in [0.3, 0.4) is 0 Å². The summed E-state index contributed by atoms with van der Waals surface area (Å²) in [5, 5.41) is 2.95. The third-order valence-electron chi connectivity index (χ3n) is 3.71. The topological polar surface area (TPSA) is 56.8 Å². The van der Waals surface area contributed by atoms with Gasteiger partial charge in [0.2, 0.25) is 6.79 Å². The average molecular weight is 295 g/mol. The molecule has 3 rings (SSSR count). The van der Waals surface area contributed by atoms with Gasteiger partial charge in [-0.15, -0.1) is 0 Å². The smallest absolute Gasteiger partial charge is 0.251 e. The van der Waals surface area contributed by atoms with Gasteiger partial charge in [0.1, 0.15) is 0 Å². The van der Waals surface area contributed by atoms with E-state index in [2.05, 4.69) is 5.32 Å². The number of thioether (sulfide) groups is 1. The molecule has 108 valence electrons. The minimum Gasteiger partial charge on any atom is -0.454 e. The maximum absolute atomic E-state index is 12.2. The van der Waals surface area contributed by atoms with E-state index >= 15 is 0 Å². The van der Waals surface area contributed by atoms with Crippen LogP contribution in [0, 0.1) is 0 Å². The van der Waals surface area contributed by atoms with Gasteiger partial charge in [0.25, 0.3) is 5.91 Å². The zero-order chi connectivity index (χ0) is 14.0. The van der Waals surface area contributed by atoms with Crippen LogP contribution >= 0.6 is 11.8 Å². The molecular formula is C14H17NO4S. The number of nitrogens with one attached hydrogen (secondary N) is 1. The molecule has 0 radical (unpaired) electrons. The van der Waals surface area contributed by atoms with E-state index in [1.54, 1.807) is 25.3 Å². The summed E-state index contributed by atoms with van der Waals surface area (Å²) >= 11 is 1.86. The van der Waals surface area contributed by atoms with Crippen molar-refractivity contribution >= 4 is 17.7 Å². The molecule has 2 heterocycles. The molecule has 0 spiro atoms. The van der Waals surface area contributed by atoms with Crippen LogP contribution in [0.25, 0.3) is 0 Å². The molecule has 1 unspecified atom stereocenters. The number of hydrogen-bond acceptors (Lipinski definition) is 5. The van der Waals surface area contributed by atoms with Crippen molar-refractivity contribution in [3.05, 3.63) is 23.8 Å². The van der Waals surface area contributed by atoms with E-state index in [0.717, 1.165) is 17.9 Å². The number of carbonyl (C=O) groups is 1. The Morgan fingerprint density at radius 2 is 2.30 bits per heavy atom. The Morgan fingerprint density at radius 1 is 1.45 bits per heavy atom. The lowest BCUT2D eigenvalue weighted by Gasteiger charge is -2.26. The zero-order valence-electron chi connectivity index (χ0n) is 11.3. The minimum atomic E-state index is -0.226. The Bertz CT molecular complexity index is 514. The monoisotopic (exact) mass is 295 g/mol. The van der Waals surface area contributed by atoms with Gasteiger partial charge in [0, 0.05) is 25.0 Å². The lowest BCUT2D eigenvalue weighted by atomic mass is 10.0. The fraction of sp³-hybridized carbons (Fsp3) is 0.500. The summed E-state index contributed by atoms with van der Waals surface area (Å²) in [6, 6.07) is 5.21. The van der Waals surface area contributed by atoms with Gasteiger partial charge in [-0.3, -0.25) is 4.79 Å². The summed E-state index contributed by atoms with van der Waals surface area (Å²) in [6.07, 6.45) is 0.968. The van der Waals surface area contributed by atoms with Crippen molar-refractivity contribution in [1.82, 2.24) is 5.32 Å². The normalized spacial score (nSPS) is 23.9. The molecule has 1 N–H and O–H groups in total. The highest BCUT2D eigenvalue weighted by Crippen LogP contribution is 2.33. The minimum absolute atomic E-state index is 0.114. The first-order valence-electron chi connectivity index (χ1n) is 6.53. The van der Waals surface area contributed by atoms with Crippen LogP contribution in [0.2, 0.25) is 0 Å². The number of carbonyl (C=O) groups excluding carboxylic acids is 1. The van der Waals surface area contributed by atoms with Gasteiger partial charge >= 0.3 is 0 Å². The Hall–Kier alpha value is -1.40. The lowest BCUT2D eigenvalue weighted by Crippen LogP contribution is -2.44. The standard InChI is InChI=1S/C14H17NO4S/c1-17-14(4-5-20-8-14)7-15-13(16)10-2-3-11-12(6-10)19-9-18-11/h2-3,6H,4-5,7-9H2,1H3,(H,15,16). The summed E-state index contributed by atoms with van der Waals surface area (Å²) < 4.78 is 16.1. The molecule has 1 aromatic rings. The van der Waals surface area contributed by atoms with Gasteiger partial charge in [-0.2, -0.15) is 11.8 Å². The molecule has 0 aliphatic carbocycles. The van der Waals surface area contributed by atoms with Crippen molar-refractivity contribution in [1.29, 1.82) is 0 Å². The van der Waals surface area contributed by atoms with E-state index in [-0.39, 0.29) is 18.3 Å². The van der Waals surface area contributed by atoms with E-state index in [1.165, 1.54) is 0 Å². The Labute approximate surface area is 122 Å². The van der Waals surface area contributed by atoms with Gasteiger partial charge < -0.3 is 19.5 Å². The molecule has 2 aliphatic heterocycles. The molecule has 5 nitrogen and oxygen atoms in total. The first-order chi connectivity index (χ1) is 9.72. The molecule has 1 atom stereocenters. The SMILES string of the molecule is COC1(CNC(=O)c2ccc3c(c2)OCO3)CCSC1. The van der Waals surface area contributed by atoms with Crippen molar-refractivity contribution in [3.8, 4) is 11.5 Å². The maximum Gasteiger partial charge on any atom is 0.251 e. The van der Waals surface area contributed by atoms with E-state index in [0.29, 0.717) is 23.6 Å². The summed E-state index contributed by atoms with van der Waals surface area (Å²) in [5.41, 5.74) is 0.350.